The Hall–Kier alpha value is -0.653. The average molecular weight is 286 g/mol. The Balaban J connectivity index is 2.82. The molecule has 0 unspecified atom stereocenters. The number of sulfone groups is 1. The van der Waals surface area contributed by atoms with Gasteiger partial charge in [-0.15, -0.1) is 0 Å². The topological polar surface area (TPSA) is 43.4 Å². The van der Waals surface area contributed by atoms with Gasteiger partial charge in [-0.25, -0.2) is 8.42 Å². The summed E-state index contributed by atoms with van der Waals surface area (Å²) in [6.07, 6.45) is 0. The maximum Gasteiger partial charge on any atom is 0.201 e. The fourth-order valence-corrected chi connectivity index (χ4v) is 4.08. The van der Waals surface area contributed by atoms with E-state index >= 15 is 0 Å². The summed E-state index contributed by atoms with van der Waals surface area (Å²) in [5.41, 5.74) is 0. The summed E-state index contributed by atoms with van der Waals surface area (Å²) < 4.78 is 30.0. The van der Waals surface area contributed by atoms with E-state index in [-0.39, 0.29) is 11.0 Å². The first-order valence-corrected chi connectivity index (χ1v) is 10.5. The normalized spacial score (nSPS) is 13.6. The second-order valence-corrected chi connectivity index (χ2v) is 12.7. The fraction of sp³-hybridized carbons (Fsp3) is 0.538. The van der Waals surface area contributed by atoms with Crippen molar-refractivity contribution in [3.05, 3.63) is 30.3 Å². The zero-order chi connectivity index (χ0) is 14.0. The third-order valence-electron chi connectivity index (χ3n) is 3.48. The molecule has 3 nitrogen and oxygen atoms in total. The highest BCUT2D eigenvalue weighted by molar-refractivity contribution is 7.91. The Labute approximate surface area is 111 Å². The van der Waals surface area contributed by atoms with E-state index in [2.05, 4.69) is 20.8 Å². The Bertz CT molecular complexity index is 487. The molecule has 0 aliphatic rings. The molecule has 0 saturated heterocycles. The molecule has 1 rings (SSSR count). The van der Waals surface area contributed by atoms with Gasteiger partial charge >= 0.3 is 0 Å². The summed E-state index contributed by atoms with van der Waals surface area (Å²) in [7, 11) is -5.37. The summed E-state index contributed by atoms with van der Waals surface area (Å²) in [6, 6.07) is 8.45. The zero-order valence-electron chi connectivity index (χ0n) is 11.7. The summed E-state index contributed by atoms with van der Waals surface area (Å²) in [4.78, 5) is 0.323. The molecule has 0 spiro atoms. The van der Waals surface area contributed by atoms with Crippen LogP contribution in [0.1, 0.15) is 20.8 Å². The van der Waals surface area contributed by atoms with E-state index in [1.54, 1.807) is 30.3 Å². The van der Waals surface area contributed by atoms with Crippen molar-refractivity contribution in [3.8, 4) is 0 Å². The predicted molar refractivity (Wildman–Crippen MR) is 76.8 cm³/mol. The van der Waals surface area contributed by atoms with Crippen LogP contribution < -0.4 is 0 Å². The highest BCUT2D eigenvalue weighted by Gasteiger charge is 2.38. The highest BCUT2D eigenvalue weighted by Crippen LogP contribution is 2.36. The fourth-order valence-electron chi connectivity index (χ4n) is 1.14. The lowest BCUT2D eigenvalue weighted by atomic mass is 10.2. The first kappa shape index (κ1) is 15.4. The maximum atomic E-state index is 12.1. The second-order valence-electron chi connectivity index (χ2n) is 5.95. The van der Waals surface area contributed by atoms with Crippen LogP contribution in [-0.2, 0) is 14.3 Å². The van der Waals surface area contributed by atoms with E-state index < -0.39 is 18.2 Å². The van der Waals surface area contributed by atoms with E-state index in [1.807, 2.05) is 13.1 Å². The molecule has 0 bridgehead atoms. The Kier molecular flexibility index (Phi) is 4.41. The van der Waals surface area contributed by atoms with Crippen molar-refractivity contribution in [1.82, 2.24) is 0 Å². The molecule has 102 valence electrons. The van der Waals surface area contributed by atoms with Gasteiger partial charge in [0.15, 0.2) is 8.32 Å². The molecule has 1 aromatic rings. The molecule has 0 amide bonds. The molecule has 0 saturated carbocycles. The summed E-state index contributed by atoms with van der Waals surface area (Å²) >= 11 is 0. The number of rotatable bonds is 4. The van der Waals surface area contributed by atoms with Gasteiger partial charge in [-0.2, -0.15) is 0 Å². The zero-order valence-corrected chi connectivity index (χ0v) is 13.5. The number of hydrogen-bond acceptors (Lipinski definition) is 3. The summed E-state index contributed by atoms with van der Waals surface area (Å²) in [5, 5.41) is 0.0131. The molecule has 18 heavy (non-hydrogen) atoms. The van der Waals surface area contributed by atoms with Crippen LogP contribution in [0.2, 0.25) is 18.1 Å². The van der Waals surface area contributed by atoms with Crippen LogP contribution in [0.3, 0.4) is 0 Å². The molecular weight excluding hydrogens is 264 g/mol. The molecule has 1 aromatic carbocycles. The van der Waals surface area contributed by atoms with Crippen molar-refractivity contribution < 1.29 is 12.8 Å². The van der Waals surface area contributed by atoms with Crippen molar-refractivity contribution in [2.75, 3.05) is 5.94 Å². The first-order chi connectivity index (χ1) is 8.06. The monoisotopic (exact) mass is 286 g/mol. The standard InChI is InChI=1S/C13H22O3SSi/c1-13(2,3)18(4,5)16-11-17(14,15)12-9-7-6-8-10-12/h6-10H,11H2,1-5H3. The minimum Gasteiger partial charge on any atom is -0.403 e. The van der Waals surface area contributed by atoms with Crippen molar-refractivity contribution >= 4 is 18.2 Å². The second kappa shape index (κ2) is 5.15. The molecule has 0 radical (unpaired) electrons. The van der Waals surface area contributed by atoms with Gasteiger partial charge in [0.25, 0.3) is 0 Å². The van der Waals surface area contributed by atoms with Crippen molar-refractivity contribution in [1.29, 1.82) is 0 Å². The van der Waals surface area contributed by atoms with Gasteiger partial charge in [0.1, 0.15) is 5.94 Å². The lowest BCUT2D eigenvalue weighted by Crippen LogP contribution is -2.42. The largest absolute Gasteiger partial charge is 0.403 e. The predicted octanol–water partition coefficient (Wildman–Crippen LogP) is 3.44. The van der Waals surface area contributed by atoms with Gasteiger partial charge < -0.3 is 4.43 Å². The van der Waals surface area contributed by atoms with Gasteiger partial charge in [-0.05, 0) is 30.3 Å². The quantitative estimate of drug-likeness (QED) is 0.796. The maximum absolute atomic E-state index is 12.1. The van der Waals surface area contributed by atoms with Gasteiger partial charge in [0.2, 0.25) is 9.84 Å². The molecule has 0 heterocycles. The smallest absolute Gasteiger partial charge is 0.201 e. The molecule has 0 aliphatic heterocycles. The van der Waals surface area contributed by atoms with Crippen LogP contribution in [0.25, 0.3) is 0 Å². The molecule has 0 fully saturated rings. The van der Waals surface area contributed by atoms with E-state index in [0.717, 1.165) is 0 Å². The van der Waals surface area contributed by atoms with Gasteiger partial charge in [0, 0.05) is 0 Å². The van der Waals surface area contributed by atoms with E-state index in [1.165, 1.54) is 0 Å². The van der Waals surface area contributed by atoms with Crippen LogP contribution in [0.5, 0.6) is 0 Å². The highest BCUT2D eigenvalue weighted by atomic mass is 32.2. The van der Waals surface area contributed by atoms with E-state index in [4.69, 9.17) is 4.43 Å². The molecule has 0 aromatic heterocycles. The van der Waals surface area contributed by atoms with E-state index in [0.29, 0.717) is 4.90 Å². The Morgan fingerprint density at radius 2 is 1.61 bits per heavy atom. The van der Waals surface area contributed by atoms with Crippen LogP contribution >= 0.6 is 0 Å². The third kappa shape index (κ3) is 3.67. The van der Waals surface area contributed by atoms with Crippen molar-refractivity contribution in [3.63, 3.8) is 0 Å². The van der Waals surface area contributed by atoms with Gasteiger partial charge in [-0.3, -0.25) is 0 Å². The number of hydrogen-bond donors (Lipinski definition) is 0. The SMILES string of the molecule is CC(C)(C)[Si](C)(C)OCS(=O)(=O)c1ccccc1. The average Bonchev–Trinajstić information content (AvgIpc) is 2.26. The van der Waals surface area contributed by atoms with Crippen LogP contribution in [0.15, 0.2) is 35.2 Å². The van der Waals surface area contributed by atoms with Crippen LogP contribution in [-0.4, -0.2) is 22.7 Å². The minimum absolute atomic E-state index is 0.0131. The van der Waals surface area contributed by atoms with Crippen molar-refractivity contribution in [2.24, 2.45) is 0 Å². The molecule has 0 atom stereocenters. The van der Waals surface area contributed by atoms with Crippen molar-refractivity contribution in [2.45, 2.75) is 43.8 Å². The molecule has 0 aliphatic carbocycles. The van der Waals surface area contributed by atoms with Crippen LogP contribution in [0.4, 0.5) is 0 Å². The molecule has 5 heteroatoms. The lowest BCUT2D eigenvalue weighted by Gasteiger charge is -2.35. The summed E-state index contributed by atoms with van der Waals surface area (Å²) in [5.74, 6) is -0.229. The van der Waals surface area contributed by atoms with Gasteiger partial charge in [0.05, 0.1) is 4.90 Å². The minimum atomic E-state index is -3.34. The van der Waals surface area contributed by atoms with Gasteiger partial charge in [-0.1, -0.05) is 39.0 Å². The van der Waals surface area contributed by atoms with Crippen LogP contribution in [0, 0.1) is 0 Å². The Morgan fingerprint density at radius 3 is 2.06 bits per heavy atom. The molecule has 0 N–H and O–H groups in total. The number of benzene rings is 1. The Morgan fingerprint density at radius 1 is 1.11 bits per heavy atom. The molecular formula is C13H22O3SSi. The van der Waals surface area contributed by atoms with E-state index in [9.17, 15) is 8.42 Å². The summed E-state index contributed by atoms with van der Waals surface area (Å²) in [6.45, 7) is 10.4. The first-order valence-electron chi connectivity index (χ1n) is 5.98. The lowest BCUT2D eigenvalue weighted by molar-refractivity contribution is 0.342. The third-order valence-corrected chi connectivity index (χ3v) is 9.59.